The van der Waals surface area contributed by atoms with Crippen molar-refractivity contribution < 1.29 is 19.1 Å². The number of aryl methyl sites for hydroxylation is 3. The molecule has 0 aliphatic heterocycles. The molecular formula is C20H23NO4. The molecule has 2 rings (SSSR count). The van der Waals surface area contributed by atoms with Crippen LogP contribution in [0, 0.1) is 20.8 Å². The molecule has 25 heavy (non-hydrogen) atoms. The minimum absolute atomic E-state index is 0.146. The van der Waals surface area contributed by atoms with Crippen molar-refractivity contribution in [1.29, 1.82) is 0 Å². The molecule has 0 fully saturated rings. The predicted octanol–water partition coefficient (Wildman–Crippen LogP) is 3.84. The molecule has 0 aliphatic rings. The number of amides is 1. The Hall–Kier alpha value is -2.82. The van der Waals surface area contributed by atoms with Crippen LogP contribution < -0.4 is 14.8 Å². The number of nitrogens with one attached hydrogen (secondary N) is 1. The van der Waals surface area contributed by atoms with E-state index in [9.17, 15) is 9.59 Å². The minimum Gasteiger partial charge on any atom is -0.490 e. The molecule has 1 amide bonds. The fourth-order valence-electron chi connectivity index (χ4n) is 2.68. The molecule has 5 nitrogen and oxygen atoms in total. The van der Waals surface area contributed by atoms with Crippen molar-refractivity contribution in [2.75, 3.05) is 18.5 Å². The zero-order chi connectivity index (χ0) is 18.4. The second-order valence-electron chi connectivity index (χ2n) is 5.87. The highest BCUT2D eigenvalue weighted by atomic mass is 16.5. The SMILES string of the molecule is CCOc1cc(C=O)ccc1OCC(=O)Nc1c(C)cc(C)cc1C. The van der Waals surface area contributed by atoms with Gasteiger partial charge in [-0.1, -0.05) is 17.7 Å². The molecule has 0 saturated carbocycles. The Labute approximate surface area is 148 Å². The maximum Gasteiger partial charge on any atom is 0.262 e. The summed E-state index contributed by atoms with van der Waals surface area (Å²) in [6, 6.07) is 8.89. The van der Waals surface area contributed by atoms with E-state index >= 15 is 0 Å². The summed E-state index contributed by atoms with van der Waals surface area (Å²) < 4.78 is 11.0. The van der Waals surface area contributed by atoms with Crippen LogP contribution in [0.15, 0.2) is 30.3 Å². The molecule has 0 spiro atoms. The van der Waals surface area contributed by atoms with Crippen LogP contribution >= 0.6 is 0 Å². The van der Waals surface area contributed by atoms with Crippen molar-refractivity contribution in [2.45, 2.75) is 27.7 Å². The number of aldehydes is 1. The maximum atomic E-state index is 12.2. The standard InChI is InChI=1S/C20H23NO4/c1-5-24-18-10-16(11-22)6-7-17(18)25-12-19(23)21-20-14(3)8-13(2)9-15(20)4/h6-11H,5,12H2,1-4H3,(H,21,23). The highest BCUT2D eigenvalue weighted by molar-refractivity contribution is 5.93. The van der Waals surface area contributed by atoms with Crippen molar-refractivity contribution in [1.82, 2.24) is 0 Å². The Balaban J connectivity index is 2.06. The van der Waals surface area contributed by atoms with E-state index < -0.39 is 0 Å². The topological polar surface area (TPSA) is 64.6 Å². The summed E-state index contributed by atoms with van der Waals surface area (Å²) in [5, 5.41) is 2.89. The molecule has 132 valence electrons. The first-order valence-electron chi connectivity index (χ1n) is 8.17. The van der Waals surface area contributed by atoms with Crippen LogP contribution in [0.25, 0.3) is 0 Å². The van der Waals surface area contributed by atoms with Crippen LogP contribution in [-0.4, -0.2) is 25.4 Å². The molecule has 0 unspecified atom stereocenters. The van der Waals surface area contributed by atoms with E-state index in [2.05, 4.69) is 5.32 Å². The van der Waals surface area contributed by atoms with Gasteiger partial charge in [-0.25, -0.2) is 0 Å². The monoisotopic (exact) mass is 341 g/mol. The lowest BCUT2D eigenvalue weighted by Crippen LogP contribution is -2.21. The number of hydrogen-bond donors (Lipinski definition) is 1. The zero-order valence-electron chi connectivity index (χ0n) is 15.0. The minimum atomic E-state index is -0.253. The molecule has 2 aromatic rings. The fourth-order valence-corrected chi connectivity index (χ4v) is 2.68. The number of carbonyl (C=O) groups excluding carboxylic acids is 2. The Morgan fingerprint density at radius 1 is 1.04 bits per heavy atom. The number of ether oxygens (including phenoxy) is 2. The van der Waals surface area contributed by atoms with E-state index in [1.165, 1.54) is 0 Å². The van der Waals surface area contributed by atoms with Gasteiger partial charge in [0.2, 0.25) is 0 Å². The maximum absolute atomic E-state index is 12.2. The molecule has 1 N–H and O–H groups in total. The largest absolute Gasteiger partial charge is 0.490 e. The molecule has 0 bridgehead atoms. The van der Waals surface area contributed by atoms with Crippen molar-refractivity contribution >= 4 is 17.9 Å². The number of benzene rings is 2. The van der Waals surface area contributed by atoms with Gasteiger partial charge in [0, 0.05) is 11.3 Å². The van der Waals surface area contributed by atoms with E-state index in [1.54, 1.807) is 18.2 Å². The Morgan fingerprint density at radius 2 is 1.72 bits per heavy atom. The highest BCUT2D eigenvalue weighted by Gasteiger charge is 2.11. The third-order valence-corrected chi connectivity index (χ3v) is 3.70. The predicted molar refractivity (Wildman–Crippen MR) is 97.8 cm³/mol. The lowest BCUT2D eigenvalue weighted by molar-refractivity contribution is -0.118. The van der Waals surface area contributed by atoms with Gasteiger partial charge in [-0.2, -0.15) is 0 Å². The summed E-state index contributed by atoms with van der Waals surface area (Å²) in [5.74, 6) is 0.625. The van der Waals surface area contributed by atoms with E-state index in [4.69, 9.17) is 9.47 Å². The van der Waals surface area contributed by atoms with Gasteiger partial charge in [0.05, 0.1) is 6.61 Å². The Morgan fingerprint density at radius 3 is 2.32 bits per heavy atom. The number of hydrogen-bond acceptors (Lipinski definition) is 4. The normalized spacial score (nSPS) is 10.2. The van der Waals surface area contributed by atoms with E-state index in [0.29, 0.717) is 23.7 Å². The van der Waals surface area contributed by atoms with Crippen molar-refractivity contribution in [3.63, 3.8) is 0 Å². The van der Waals surface area contributed by atoms with Crippen molar-refractivity contribution in [3.05, 3.63) is 52.6 Å². The van der Waals surface area contributed by atoms with Gasteiger partial charge in [-0.15, -0.1) is 0 Å². The lowest BCUT2D eigenvalue weighted by Gasteiger charge is -2.15. The average molecular weight is 341 g/mol. The lowest BCUT2D eigenvalue weighted by atomic mass is 10.1. The van der Waals surface area contributed by atoms with Gasteiger partial charge in [-0.3, -0.25) is 9.59 Å². The molecule has 0 radical (unpaired) electrons. The quantitative estimate of drug-likeness (QED) is 0.777. The molecule has 0 saturated heterocycles. The van der Waals surface area contributed by atoms with Gasteiger partial charge in [0.1, 0.15) is 6.29 Å². The zero-order valence-corrected chi connectivity index (χ0v) is 15.0. The summed E-state index contributed by atoms with van der Waals surface area (Å²) in [4.78, 5) is 23.1. The van der Waals surface area contributed by atoms with Gasteiger partial charge >= 0.3 is 0 Å². The molecule has 0 aliphatic carbocycles. The van der Waals surface area contributed by atoms with Crippen molar-refractivity contribution in [2.24, 2.45) is 0 Å². The van der Waals surface area contributed by atoms with E-state index in [0.717, 1.165) is 28.7 Å². The number of rotatable bonds is 7. The second-order valence-corrected chi connectivity index (χ2v) is 5.87. The molecule has 0 aromatic heterocycles. The van der Waals surface area contributed by atoms with E-state index in [-0.39, 0.29) is 12.5 Å². The third kappa shape index (κ3) is 4.83. The average Bonchev–Trinajstić information content (AvgIpc) is 2.57. The smallest absolute Gasteiger partial charge is 0.262 e. The highest BCUT2D eigenvalue weighted by Crippen LogP contribution is 2.28. The molecular weight excluding hydrogens is 318 g/mol. The first-order valence-corrected chi connectivity index (χ1v) is 8.17. The Kier molecular flexibility index (Phi) is 6.17. The number of anilines is 1. The van der Waals surface area contributed by atoms with Gasteiger partial charge < -0.3 is 14.8 Å². The first kappa shape index (κ1) is 18.5. The van der Waals surface area contributed by atoms with Crippen LogP contribution in [0.4, 0.5) is 5.69 Å². The van der Waals surface area contributed by atoms with Crippen LogP contribution in [0.2, 0.25) is 0 Å². The van der Waals surface area contributed by atoms with Gasteiger partial charge in [0.15, 0.2) is 18.1 Å². The Bertz CT molecular complexity index is 760. The second kappa shape index (κ2) is 8.33. The number of carbonyl (C=O) groups is 2. The van der Waals surface area contributed by atoms with Gasteiger partial charge in [0.25, 0.3) is 5.91 Å². The van der Waals surface area contributed by atoms with Crippen LogP contribution in [-0.2, 0) is 4.79 Å². The van der Waals surface area contributed by atoms with Crippen LogP contribution in [0.3, 0.4) is 0 Å². The molecule has 5 heteroatoms. The summed E-state index contributed by atoms with van der Waals surface area (Å²) in [6.45, 7) is 8.07. The molecule has 0 heterocycles. The van der Waals surface area contributed by atoms with Crippen LogP contribution in [0.5, 0.6) is 11.5 Å². The van der Waals surface area contributed by atoms with Crippen molar-refractivity contribution in [3.8, 4) is 11.5 Å². The summed E-state index contributed by atoms with van der Waals surface area (Å²) >= 11 is 0. The van der Waals surface area contributed by atoms with E-state index in [1.807, 2.05) is 39.8 Å². The fraction of sp³-hybridized carbons (Fsp3) is 0.300. The summed E-state index contributed by atoms with van der Waals surface area (Å²) in [6.07, 6.45) is 0.738. The van der Waals surface area contributed by atoms with Gasteiger partial charge in [-0.05, 0) is 57.0 Å². The third-order valence-electron chi connectivity index (χ3n) is 3.70. The summed E-state index contributed by atoms with van der Waals surface area (Å²) in [5.41, 5.74) is 4.47. The van der Waals surface area contributed by atoms with Crippen LogP contribution in [0.1, 0.15) is 34.0 Å². The summed E-state index contributed by atoms with van der Waals surface area (Å²) in [7, 11) is 0. The molecule has 2 aromatic carbocycles. The first-order chi connectivity index (χ1) is 11.9. The molecule has 0 atom stereocenters.